The first-order valence-corrected chi connectivity index (χ1v) is 6.45. The van der Waals surface area contributed by atoms with Gasteiger partial charge in [0.25, 0.3) is 5.91 Å². The van der Waals surface area contributed by atoms with Gasteiger partial charge in [0.2, 0.25) is 0 Å². The molecule has 2 atom stereocenters. The maximum absolute atomic E-state index is 11.9. The quantitative estimate of drug-likeness (QED) is 0.832. The van der Waals surface area contributed by atoms with Crippen LogP contribution in [0.25, 0.3) is 0 Å². The van der Waals surface area contributed by atoms with E-state index in [-0.39, 0.29) is 17.3 Å². The Morgan fingerprint density at radius 2 is 2.22 bits per heavy atom. The zero-order valence-corrected chi connectivity index (χ0v) is 10.7. The van der Waals surface area contributed by atoms with Crippen LogP contribution in [0.2, 0.25) is 0 Å². The van der Waals surface area contributed by atoms with Crippen molar-refractivity contribution in [2.24, 2.45) is 0 Å². The number of nitriles is 1. The second-order valence-corrected chi connectivity index (χ2v) is 4.98. The minimum Gasteiger partial charge on any atom is -0.346 e. The van der Waals surface area contributed by atoms with Gasteiger partial charge in [-0.05, 0) is 25.0 Å². The minimum atomic E-state index is -0.225. The second kappa shape index (κ2) is 5.83. The van der Waals surface area contributed by atoms with Crippen molar-refractivity contribution >= 4 is 17.5 Å². The van der Waals surface area contributed by atoms with Crippen LogP contribution in [0.5, 0.6) is 0 Å². The zero-order chi connectivity index (χ0) is 13.0. The van der Waals surface area contributed by atoms with Crippen LogP contribution < -0.4 is 5.32 Å². The van der Waals surface area contributed by atoms with Crippen LogP contribution in [0, 0.1) is 11.3 Å². The Morgan fingerprint density at radius 3 is 2.83 bits per heavy atom. The number of alkyl halides is 1. The van der Waals surface area contributed by atoms with Gasteiger partial charge in [-0.3, -0.25) is 4.79 Å². The summed E-state index contributed by atoms with van der Waals surface area (Å²) in [4.78, 5) is 15.9. The Balaban J connectivity index is 2.00. The number of amides is 1. The molecule has 1 N–H and O–H groups in total. The molecule has 1 aromatic heterocycles. The second-order valence-electron chi connectivity index (χ2n) is 4.42. The molecule has 18 heavy (non-hydrogen) atoms. The van der Waals surface area contributed by atoms with E-state index in [0.29, 0.717) is 11.3 Å². The third-order valence-corrected chi connectivity index (χ3v) is 3.65. The standard InChI is InChI=1S/C13H14ClN3O/c14-10-3-1-2-4-11(10)17-13(18)12-6-5-9(7-15)8-16-12/h5-6,8,10-11H,1-4H2,(H,17,18). The fourth-order valence-corrected chi connectivity index (χ4v) is 2.43. The molecule has 1 saturated carbocycles. The summed E-state index contributed by atoms with van der Waals surface area (Å²) in [6.07, 6.45) is 5.46. The van der Waals surface area contributed by atoms with Crippen LogP contribution in [0.4, 0.5) is 0 Å². The number of carbonyl (C=O) groups excluding carboxylic acids is 1. The molecule has 2 rings (SSSR count). The third kappa shape index (κ3) is 2.99. The molecule has 0 spiro atoms. The van der Waals surface area contributed by atoms with E-state index in [1.165, 1.54) is 6.20 Å². The van der Waals surface area contributed by atoms with Crippen molar-refractivity contribution in [3.05, 3.63) is 29.6 Å². The third-order valence-electron chi connectivity index (χ3n) is 3.12. The number of carbonyl (C=O) groups is 1. The van der Waals surface area contributed by atoms with Crippen molar-refractivity contribution in [2.45, 2.75) is 37.1 Å². The number of hydrogen-bond donors (Lipinski definition) is 1. The highest BCUT2D eigenvalue weighted by atomic mass is 35.5. The van der Waals surface area contributed by atoms with Crippen molar-refractivity contribution in [1.82, 2.24) is 10.3 Å². The van der Waals surface area contributed by atoms with E-state index in [9.17, 15) is 4.79 Å². The number of rotatable bonds is 2. The van der Waals surface area contributed by atoms with Crippen LogP contribution in [-0.4, -0.2) is 22.3 Å². The SMILES string of the molecule is N#Cc1ccc(C(=O)NC2CCCCC2Cl)nc1. The van der Waals surface area contributed by atoms with E-state index in [4.69, 9.17) is 16.9 Å². The average molecular weight is 264 g/mol. The maximum atomic E-state index is 11.9. The van der Waals surface area contributed by atoms with Gasteiger partial charge in [-0.2, -0.15) is 5.26 Å². The van der Waals surface area contributed by atoms with Gasteiger partial charge in [-0.25, -0.2) is 4.98 Å². The van der Waals surface area contributed by atoms with Crippen LogP contribution in [0.3, 0.4) is 0 Å². The Kier molecular flexibility index (Phi) is 4.16. The van der Waals surface area contributed by atoms with Gasteiger partial charge in [-0.1, -0.05) is 12.8 Å². The van der Waals surface area contributed by atoms with Gasteiger partial charge in [0.05, 0.1) is 10.9 Å². The topological polar surface area (TPSA) is 65.8 Å². The summed E-state index contributed by atoms with van der Waals surface area (Å²) in [5.41, 5.74) is 0.767. The summed E-state index contributed by atoms with van der Waals surface area (Å²) < 4.78 is 0. The molecule has 1 amide bonds. The molecule has 0 radical (unpaired) electrons. The molecule has 0 aromatic carbocycles. The summed E-state index contributed by atoms with van der Waals surface area (Å²) in [5, 5.41) is 11.6. The van der Waals surface area contributed by atoms with Crippen LogP contribution in [0.1, 0.15) is 41.7 Å². The predicted octanol–water partition coefficient (Wildman–Crippen LogP) is 2.23. The molecule has 94 valence electrons. The van der Waals surface area contributed by atoms with Gasteiger partial charge in [0.15, 0.2) is 0 Å². The fraction of sp³-hybridized carbons (Fsp3) is 0.462. The number of nitrogens with one attached hydrogen (secondary N) is 1. The molecule has 5 heteroatoms. The molecule has 1 aliphatic carbocycles. The number of nitrogens with zero attached hydrogens (tertiary/aromatic N) is 2. The lowest BCUT2D eigenvalue weighted by molar-refractivity contribution is 0.0923. The predicted molar refractivity (Wildman–Crippen MR) is 68.3 cm³/mol. The average Bonchev–Trinajstić information content (AvgIpc) is 2.41. The van der Waals surface area contributed by atoms with Crippen LogP contribution in [-0.2, 0) is 0 Å². The van der Waals surface area contributed by atoms with Gasteiger partial charge in [0, 0.05) is 12.2 Å². The molecule has 1 aromatic rings. The van der Waals surface area contributed by atoms with Crippen molar-refractivity contribution in [3.63, 3.8) is 0 Å². The lowest BCUT2D eigenvalue weighted by Crippen LogP contribution is -2.43. The van der Waals surface area contributed by atoms with E-state index in [1.54, 1.807) is 12.1 Å². The summed E-state index contributed by atoms with van der Waals surface area (Å²) in [6.45, 7) is 0. The van der Waals surface area contributed by atoms with Crippen molar-refractivity contribution in [3.8, 4) is 6.07 Å². The monoisotopic (exact) mass is 263 g/mol. The molecular formula is C13H14ClN3O. The largest absolute Gasteiger partial charge is 0.346 e. The number of halogens is 1. The van der Waals surface area contributed by atoms with Crippen molar-refractivity contribution in [1.29, 1.82) is 5.26 Å². The Labute approximate surface area is 111 Å². The first-order chi connectivity index (χ1) is 8.70. The summed E-state index contributed by atoms with van der Waals surface area (Å²) in [7, 11) is 0. The highest BCUT2D eigenvalue weighted by Gasteiger charge is 2.25. The summed E-state index contributed by atoms with van der Waals surface area (Å²) >= 11 is 6.18. The Hall–Kier alpha value is -1.60. The van der Waals surface area contributed by atoms with Gasteiger partial charge in [-0.15, -0.1) is 11.6 Å². The smallest absolute Gasteiger partial charge is 0.270 e. The van der Waals surface area contributed by atoms with E-state index < -0.39 is 0 Å². The van der Waals surface area contributed by atoms with Gasteiger partial charge < -0.3 is 5.32 Å². The highest BCUT2D eigenvalue weighted by molar-refractivity contribution is 6.21. The molecule has 0 aliphatic heterocycles. The number of pyridine rings is 1. The summed E-state index contributed by atoms with van der Waals surface area (Å²) in [6, 6.07) is 5.12. The molecular weight excluding hydrogens is 250 g/mol. The molecule has 0 saturated heterocycles. The molecule has 1 heterocycles. The van der Waals surface area contributed by atoms with Crippen molar-refractivity contribution < 1.29 is 4.79 Å². The van der Waals surface area contributed by atoms with Crippen LogP contribution in [0.15, 0.2) is 18.3 Å². The number of aromatic nitrogens is 1. The van der Waals surface area contributed by atoms with Gasteiger partial charge in [0.1, 0.15) is 11.8 Å². The minimum absolute atomic E-state index is 0.00100. The molecule has 1 aliphatic rings. The fourth-order valence-electron chi connectivity index (χ4n) is 2.08. The molecule has 0 bridgehead atoms. The van der Waals surface area contributed by atoms with Crippen molar-refractivity contribution in [2.75, 3.05) is 0 Å². The van der Waals surface area contributed by atoms with E-state index in [1.807, 2.05) is 6.07 Å². The Morgan fingerprint density at radius 1 is 1.44 bits per heavy atom. The normalized spacial score (nSPS) is 23.1. The van der Waals surface area contributed by atoms with Crippen LogP contribution >= 0.6 is 11.6 Å². The van der Waals surface area contributed by atoms with E-state index in [2.05, 4.69) is 10.3 Å². The van der Waals surface area contributed by atoms with E-state index in [0.717, 1.165) is 25.7 Å². The summed E-state index contributed by atoms with van der Waals surface area (Å²) in [5.74, 6) is -0.225. The van der Waals surface area contributed by atoms with Gasteiger partial charge >= 0.3 is 0 Å². The highest BCUT2D eigenvalue weighted by Crippen LogP contribution is 2.23. The lowest BCUT2D eigenvalue weighted by Gasteiger charge is -2.27. The molecule has 1 fully saturated rings. The molecule has 2 unspecified atom stereocenters. The first kappa shape index (κ1) is 12.8. The maximum Gasteiger partial charge on any atom is 0.270 e. The first-order valence-electron chi connectivity index (χ1n) is 6.02. The Bertz CT molecular complexity index is 466. The number of hydrogen-bond acceptors (Lipinski definition) is 3. The zero-order valence-electron chi connectivity index (χ0n) is 9.90. The molecule has 4 nitrogen and oxygen atoms in total. The lowest BCUT2D eigenvalue weighted by atomic mass is 9.95. The van der Waals surface area contributed by atoms with E-state index >= 15 is 0 Å².